The van der Waals surface area contributed by atoms with Crippen LogP contribution in [0.4, 0.5) is 0 Å². The van der Waals surface area contributed by atoms with E-state index in [0.29, 0.717) is 37.7 Å². The van der Waals surface area contributed by atoms with Crippen LogP contribution in [0, 0.1) is 10.7 Å². The van der Waals surface area contributed by atoms with Gasteiger partial charge in [0, 0.05) is 39.7 Å². The summed E-state index contributed by atoms with van der Waals surface area (Å²) < 4.78 is 10.8. The van der Waals surface area contributed by atoms with E-state index in [4.69, 9.17) is 9.47 Å². The maximum atomic E-state index is 13.4. The molecule has 1 heterocycles. The highest BCUT2D eigenvalue weighted by Gasteiger charge is 2.38. The highest BCUT2D eigenvalue weighted by Crippen LogP contribution is 2.32. The van der Waals surface area contributed by atoms with Gasteiger partial charge in [0.2, 0.25) is 5.91 Å². The highest BCUT2D eigenvalue weighted by atomic mass is 32.2. The molecule has 1 unspecified atom stereocenters. The minimum Gasteiger partial charge on any atom is -0.497 e. The molecule has 2 aromatic carbocycles. The summed E-state index contributed by atoms with van der Waals surface area (Å²) in [5.74, 6) is 0.179. The zero-order chi connectivity index (χ0) is 25.5. The Bertz CT molecular complexity index is 1090. The summed E-state index contributed by atoms with van der Waals surface area (Å²) in [5, 5.41) is 17.5. The van der Waals surface area contributed by atoms with Crippen molar-refractivity contribution in [3.8, 4) is 22.3 Å². The van der Waals surface area contributed by atoms with Crippen molar-refractivity contribution in [2.75, 3.05) is 20.3 Å². The number of amides is 2. The summed E-state index contributed by atoms with van der Waals surface area (Å²) in [6, 6.07) is 14.9. The molecule has 2 amide bonds. The van der Waals surface area contributed by atoms with Crippen LogP contribution in [0.15, 0.2) is 48.5 Å². The standard InChI is InChI=1S/C26H33N3O4SSi/c1-32-22-10-6-8-20(16-22)19-7-5-9-21(15-19)24(30)28-23(17-35(2,3)4)25(31)29-26(34-18-27)11-13-33-14-12-26/h5-10,15-16,23H,11-14,17H2,1-4H3,(H,28,30)(H,29,31). The molecule has 2 aromatic rings. The minimum atomic E-state index is -1.72. The second kappa shape index (κ2) is 11.8. The Morgan fingerprint density at radius 1 is 1.14 bits per heavy atom. The first kappa shape index (κ1) is 26.8. The molecule has 9 heteroatoms. The van der Waals surface area contributed by atoms with Crippen molar-refractivity contribution < 1.29 is 19.1 Å². The van der Waals surface area contributed by atoms with E-state index in [0.717, 1.165) is 28.6 Å². The Hall–Kier alpha value is -2.80. The lowest BCUT2D eigenvalue weighted by Crippen LogP contribution is -2.57. The summed E-state index contributed by atoms with van der Waals surface area (Å²) in [7, 11) is -0.102. The van der Waals surface area contributed by atoms with Gasteiger partial charge < -0.3 is 20.1 Å². The van der Waals surface area contributed by atoms with Crippen molar-refractivity contribution in [1.82, 2.24) is 10.6 Å². The average molecular weight is 512 g/mol. The normalized spacial score (nSPS) is 16.0. The highest BCUT2D eigenvalue weighted by molar-refractivity contribution is 8.05. The monoisotopic (exact) mass is 511 g/mol. The number of benzene rings is 2. The van der Waals surface area contributed by atoms with Crippen LogP contribution in [-0.4, -0.2) is 51.1 Å². The fraction of sp³-hybridized carbons (Fsp3) is 0.423. The van der Waals surface area contributed by atoms with Gasteiger partial charge in [-0.05, 0) is 53.2 Å². The van der Waals surface area contributed by atoms with Crippen LogP contribution in [0.5, 0.6) is 5.75 Å². The maximum Gasteiger partial charge on any atom is 0.251 e. The molecule has 1 aliphatic heterocycles. The first-order valence-electron chi connectivity index (χ1n) is 11.7. The molecule has 0 saturated carbocycles. The molecule has 0 spiro atoms. The van der Waals surface area contributed by atoms with E-state index < -0.39 is 19.0 Å². The number of hydrogen-bond acceptors (Lipinski definition) is 6. The van der Waals surface area contributed by atoms with Gasteiger partial charge in [-0.2, -0.15) is 5.26 Å². The predicted molar refractivity (Wildman–Crippen MR) is 142 cm³/mol. The molecule has 0 aromatic heterocycles. The number of hydrogen-bond donors (Lipinski definition) is 2. The third-order valence-corrected chi connectivity index (χ3v) is 8.48. The fourth-order valence-electron chi connectivity index (χ4n) is 4.06. The summed E-state index contributed by atoms with van der Waals surface area (Å²) in [6.07, 6.45) is 1.10. The van der Waals surface area contributed by atoms with E-state index in [-0.39, 0.29) is 11.8 Å². The Labute approximate surface area is 212 Å². The number of nitrogens with one attached hydrogen (secondary N) is 2. The van der Waals surface area contributed by atoms with Crippen LogP contribution in [0.3, 0.4) is 0 Å². The number of carbonyl (C=O) groups is 2. The number of thioether (sulfide) groups is 1. The van der Waals surface area contributed by atoms with Gasteiger partial charge in [0.15, 0.2) is 0 Å². The molecule has 1 atom stereocenters. The van der Waals surface area contributed by atoms with E-state index >= 15 is 0 Å². The maximum absolute atomic E-state index is 13.4. The molecular weight excluding hydrogens is 478 g/mol. The van der Waals surface area contributed by atoms with Gasteiger partial charge in [-0.1, -0.05) is 43.9 Å². The molecule has 0 aliphatic carbocycles. The lowest BCUT2D eigenvalue weighted by Gasteiger charge is -2.36. The number of rotatable bonds is 9. The second-order valence-corrected chi connectivity index (χ2v) is 16.6. The lowest BCUT2D eigenvalue weighted by atomic mass is 10.0. The summed E-state index contributed by atoms with van der Waals surface area (Å²) in [4.78, 5) is 26.0. The number of nitriles is 1. The quantitative estimate of drug-likeness (QED) is 0.289. The molecule has 1 fully saturated rings. The van der Waals surface area contributed by atoms with E-state index in [1.807, 2.05) is 42.5 Å². The number of ether oxygens (including phenoxy) is 2. The molecule has 35 heavy (non-hydrogen) atoms. The molecule has 0 bridgehead atoms. The van der Waals surface area contributed by atoms with Crippen molar-refractivity contribution in [2.45, 2.75) is 49.4 Å². The van der Waals surface area contributed by atoms with E-state index in [9.17, 15) is 14.9 Å². The molecule has 1 aliphatic rings. The lowest BCUT2D eigenvalue weighted by molar-refractivity contribution is -0.124. The molecule has 7 nitrogen and oxygen atoms in total. The fourth-order valence-corrected chi connectivity index (χ4v) is 6.27. The molecule has 2 N–H and O–H groups in total. The Kier molecular flexibility index (Phi) is 9.00. The molecule has 1 saturated heterocycles. The van der Waals surface area contributed by atoms with Crippen molar-refractivity contribution in [1.29, 1.82) is 5.26 Å². The SMILES string of the molecule is COc1cccc(-c2cccc(C(=O)NC(C[Si](C)(C)C)C(=O)NC3(SC#N)CCOCC3)c2)c1. The molecular formula is C26H33N3O4SSi. The van der Waals surface area contributed by atoms with E-state index in [1.165, 1.54) is 0 Å². The number of nitrogens with zero attached hydrogens (tertiary/aromatic N) is 1. The predicted octanol–water partition coefficient (Wildman–Crippen LogP) is 4.64. The smallest absolute Gasteiger partial charge is 0.251 e. The third-order valence-electron chi connectivity index (χ3n) is 5.86. The Morgan fingerprint density at radius 2 is 1.80 bits per heavy atom. The second-order valence-electron chi connectivity index (χ2n) is 9.89. The zero-order valence-corrected chi connectivity index (χ0v) is 22.5. The van der Waals surface area contributed by atoms with Crippen LogP contribution in [0.25, 0.3) is 11.1 Å². The average Bonchev–Trinajstić information content (AvgIpc) is 2.83. The van der Waals surface area contributed by atoms with Crippen LogP contribution in [-0.2, 0) is 9.53 Å². The molecule has 0 radical (unpaired) electrons. The zero-order valence-electron chi connectivity index (χ0n) is 20.7. The van der Waals surface area contributed by atoms with Crippen molar-refractivity contribution in [3.05, 3.63) is 54.1 Å². The van der Waals surface area contributed by atoms with E-state index in [1.54, 1.807) is 13.2 Å². The largest absolute Gasteiger partial charge is 0.497 e. The van der Waals surface area contributed by atoms with Gasteiger partial charge in [0.05, 0.1) is 7.11 Å². The Morgan fingerprint density at radius 3 is 2.43 bits per heavy atom. The summed E-state index contributed by atoms with van der Waals surface area (Å²) >= 11 is 1.06. The van der Waals surface area contributed by atoms with E-state index in [2.05, 4.69) is 35.7 Å². The van der Waals surface area contributed by atoms with Gasteiger partial charge in [0.1, 0.15) is 22.1 Å². The van der Waals surface area contributed by atoms with Gasteiger partial charge in [0.25, 0.3) is 5.91 Å². The van der Waals surface area contributed by atoms with Gasteiger partial charge >= 0.3 is 0 Å². The van der Waals surface area contributed by atoms with Crippen LogP contribution >= 0.6 is 11.8 Å². The topological polar surface area (TPSA) is 100 Å². The number of carbonyl (C=O) groups excluding carboxylic acids is 2. The number of methoxy groups -OCH3 is 1. The first-order valence-corrected chi connectivity index (χ1v) is 16.2. The van der Waals surface area contributed by atoms with Gasteiger partial charge in [-0.15, -0.1) is 0 Å². The van der Waals surface area contributed by atoms with Crippen LogP contribution in [0.2, 0.25) is 25.7 Å². The molecule has 3 rings (SSSR count). The van der Waals surface area contributed by atoms with Gasteiger partial charge in [-0.3, -0.25) is 9.59 Å². The third kappa shape index (κ3) is 7.59. The minimum absolute atomic E-state index is 0.255. The van der Waals surface area contributed by atoms with Crippen LogP contribution < -0.4 is 15.4 Å². The van der Waals surface area contributed by atoms with Crippen LogP contribution in [0.1, 0.15) is 23.2 Å². The first-order chi connectivity index (χ1) is 16.6. The molecule has 186 valence electrons. The number of thiocyanates is 1. The van der Waals surface area contributed by atoms with Gasteiger partial charge in [-0.25, -0.2) is 0 Å². The summed E-state index contributed by atoms with van der Waals surface area (Å²) in [6.45, 7) is 7.46. The van der Waals surface area contributed by atoms with Crippen molar-refractivity contribution >= 4 is 31.7 Å². The van der Waals surface area contributed by atoms with Crippen molar-refractivity contribution in [3.63, 3.8) is 0 Å². The van der Waals surface area contributed by atoms with Crippen molar-refractivity contribution in [2.24, 2.45) is 0 Å². The Balaban J connectivity index is 1.81. The summed E-state index contributed by atoms with van der Waals surface area (Å²) in [5.41, 5.74) is 2.30.